The maximum Gasteiger partial charge on any atom is 0.271 e. The lowest BCUT2D eigenvalue weighted by Gasteiger charge is -2.05. The van der Waals surface area contributed by atoms with Gasteiger partial charge in [-0.2, -0.15) is 0 Å². The van der Waals surface area contributed by atoms with E-state index in [9.17, 15) is 0 Å². The highest BCUT2D eigenvalue weighted by molar-refractivity contribution is 5.93. The Morgan fingerprint density at radius 2 is 1.53 bits per heavy atom. The van der Waals surface area contributed by atoms with Gasteiger partial charge in [0.25, 0.3) is 5.82 Å². The van der Waals surface area contributed by atoms with Crippen molar-refractivity contribution in [2.75, 3.05) is 5.73 Å². The van der Waals surface area contributed by atoms with Crippen LogP contribution in [-0.2, 0) is 0 Å². The van der Waals surface area contributed by atoms with Crippen molar-refractivity contribution in [1.29, 1.82) is 0 Å². The molecule has 0 radical (unpaired) electrons. The van der Waals surface area contributed by atoms with Gasteiger partial charge in [-0.1, -0.05) is 48.5 Å². The third-order valence-corrected chi connectivity index (χ3v) is 2.88. The Bertz CT molecular complexity index is 660. The quantitative estimate of drug-likeness (QED) is 0.674. The summed E-state index contributed by atoms with van der Waals surface area (Å²) in [6.45, 7) is 0. The molecule has 1 heterocycles. The fourth-order valence-electron chi connectivity index (χ4n) is 2.11. The molecule has 17 heavy (non-hydrogen) atoms. The average Bonchev–Trinajstić information content (AvgIpc) is 2.39. The second kappa shape index (κ2) is 3.91. The summed E-state index contributed by atoms with van der Waals surface area (Å²) in [5.74, 6) is 0.683. The predicted molar refractivity (Wildman–Crippen MR) is 70.4 cm³/mol. The molecular formula is C15H13N2+. The molecule has 0 saturated carbocycles. The Morgan fingerprint density at radius 3 is 2.35 bits per heavy atom. The molecule has 3 N–H and O–H groups in total. The topological polar surface area (TPSA) is 40.2 Å². The maximum atomic E-state index is 5.91. The highest BCUT2D eigenvalue weighted by Crippen LogP contribution is 2.27. The van der Waals surface area contributed by atoms with E-state index in [0.29, 0.717) is 5.82 Å². The van der Waals surface area contributed by atoms with E-state index in [-0.39, 0.29) is 0 Å². The molecule has 1 aromatic heterocycles. The molecule has 3 aromatic rings. The molecular weight excluding hydrogens is 208 g/mol. The molecule has 0 amide bonds. The van der Waals surface area contributed by atoms with Crippen LogP contribution in [0, 0.1) is 0 Å². The zero-order valence-electron chi connectivity index (χ0n) is 9.35. The number of nitrogens with one attached hydrogen (secondary N) is 1. The number of fused-ring (bicyclic) bond motifs is 1. The number of aromatic amines is 1. The van der Waals surface area contributed by atoms with Crippen LogP contribution >= 0.6 is 0 Å². The number of para-hydroxylation sites is 1. The Hall–Kier alpha value is -2.35. The SMILES string of the molecule is Nc1cc(-c2ccccc2)c2ccccc2[nH+]1. The molecule has 2 heteroatoms. The van der Waals surface area contributed by atoms with Crippen LogP contribution in [-0.4, -0.2) is 0 Å². The van der Waals surface area contributed by atoms with Crippen molar-refractivity contribution < 1.29 is 4.98 Å². The summed E-state index contributed by atoms with van der Waals surface area (Å²) in [7, 11) is 0. The number of H-pyrrole nitrogens is 1. The summed E-state index contributed by atoms with van der Waals surface area (Å²) in [5, 5.41) is 1.19. The molecule has 3 rings (SSSR count). The van der Waals surface area contributed by atoms with E-state index in [4.69, 9.17) is 5.73 Å². The third kappa shape index (κ3) is 1.74. The summed E-state index contributed by atoms with van der Waals surface area (Å²) < 4.78 is 0. The third-order valence-electron chi connectivity index (χ3n) is 2.88. The maximum absolute atomic E-state index is 5.91. The van der Waals surface area contributed by atoms with E-state index in [2.05, 4.69) is 23.2 Å². The highest BCUT2D eigenvalue weighted by Gasteiger charge is 2.08. The Balaban J connectivity index is 2.36. The lowest BCUT2D eigenvalue weighted by molar-refractivity contribution is -0.326. The van der Waals surface area contributed by atoms with Crippen LogP contribution < -0.4 is 10.7 Å². The van der Waals surface area contributed by atoms with Gasteiger partial charge in [-0.15, -0.1) is 0 Å². The second-order valence-corrected chi connectivity index (χ2v) is 4.05. The van der Waals surface area contributed by atoms with Gasteiger partial charge in [-0.3, -0.25) is 5.73 Å². The van der Waals surface area contributed by atoms with Crippen LogP contribution in [0.4, 0.5) is 5.82 Å². The summed E-state index contributed by atoms with van der Waals surface area (Å²) in [5.41, 5.74) is 9.32. The molecule has 82 valence electrons. The minimum atomic E-state index is 0.683. The number of anilines is 1. The van der Waals surface area contributed by atoms with E-state index in [1.165, 1.54) is 10.9 Å². The lowest BCUT2D eigenvalue weighted by Crippen LogP contribution is -2.11. The van der Waals surface area contributed by atoms with Crippen molar-refractivity contribution in [2.45, 2.75) is 0 Å². The van der Waals surface area contributed by atoms with Gasteiger partial charge >= 0.3 is 0 Å². The largest absolute Gasteiger partial charge is 0.287 e. The summed E-state index contributed by atoms with van der Waals surface area (Å²) in [4.78, 5) is 3.18. The van der Waals surface area contributed by atoms with Gasteiger partial charge in [0.1, 0.15) is 5.52 Å². The minimum absolute atomic E-state index is 0.683. The fourth-order valence-corrected chi connectivity index (χ4v) is 2.11. The molecule has 2 nitrogen and oxygen atoms in total. The average molecular weight is 221 g/mol. The van der Waals surface area contributed by atoms with Crippen LogP contribution in [0.3, 0.4) is 0 Å². The zero-order chi connectivity index (χ0) is 11.7. The Morgan fingerprint density at radius 1 is 0.824 bits per heavy atom. The normalized spacial score (nSPS) is 10.6. The molecule has 0 aliphatic heterocycles. The number of rotatable bonds is 1. The number of benzene rings is 2. The van der Waals surface area contributed by atoms with E-state index < -0.39 is 0 Å². The van der Waals surface area contributed by atoms with Crippen molar-refractivity contribution in [3.8, 4) is 11.1 Å². The highest BCUT2D eigenvalue weighted by atomic mass is 14.8. The lowest BCUT2D eigenvalue weighted by atomic mass is 10.0. The van der Waals surface area contributed by atoms with E-state index in [1.54, 1.807) is 0 Å². The number of aromatic nitrogens is 1. The van der Waals surface area contributed by atoms with Crippen LogP contribution in [0.2, 0.25) is 0 Å². The number of pyridine rings is 1. The number of nitrogens with two attached hydrogens (primary N) is 1. The second-order valence-electron chi connectivity index (χ2n) is 4.05. The van der Waals surface area contributed by atoms with Crippen LogP contribution in [0.25, 0.3) is 22.0 Å². The van der Waals surface area contributed by atoms with Crippen molar-refractivity contribution >= 4 is 16.7 Å². The number of hydrogen-bond acceptors (Lipinski definition) is 1. The van der Waals surface area contributed by atoms with Crippen LogP contribution in [0.5, 0.6) is 0 Å². The first kappa shape index (κ1) is 9.85. The van der Waals surface area contributed by atoms with Crippen molar-refractivity contribution in [1.82, 2.24) is 0 Å². The van der Waals surface area contributed by atoms with Crippen molar-refractivity contribution in [3.63, 3.8) is 0 Å². The molecule has 0 aliphatic rings. The van der Waals surface area contributed by atoms with Gasteiger partial charge in [0.15, 0.2) is 0 Å². The molecule has 0 atom stereocenters. The molecule has 0 fully saturated rings. The van der Waals surface area contributed by atoms with Crippen LogP contribution in [0.1, 0.15) is 0 Å². The van der Waals surface area contributed by atoms with Gasteiger partial charge in [0, 0.05) is 17.0 Å². The molecule has 0 saturated heterocycles. The van der Waals surface area contributed by atoms with Gasteiger partial charge in [-0.05, 0) is 11.6 Å². The summed E-state index contributed by atoms with van der Waals surface area (Å²) in [6, 6.07) is 20.5. The van der Waals surface area contributed by atoms with Crippen molar-refractivity contribution in [2.24, 2.45) is 0 Å². The van der Waals surface area contributed by atoms with Gasteiger partial charge < -0.3 is 0 Å². The zero-order valence-corrected chi connectivity index (χ0v) is 9.35. The number of hydrogen-bond donors (Lipinski definition) is 1. The number of nitrogen functional groups attached to an aromatic ring is 1. The first-order valence-electron chi connectivity index (χ1n) is 5.60. The first-order chi connectivity index (χ1) is 8.34. The molecule has 0 bridgehead atoms. The van der Waals surface area contributed by atoms with Crippen molar-refractivity contribution in [3.05, 3.63) is 60.7 Å². The summed E-state index contributed by atoms with van der Waals surface area (Å²) >= 11 is 0. The Labute approximate surface area is 99.7 Å². The van der Waals surface area contributed by atoms with Gasteiger partial charge in [0.2, 0.25) is 0 Å². The van der Waals surface area contributed by atoms with Gasteiger partial charge in [0.05, 0.1) is 0 Å². The monoisotopic (exact) mass is 221 g/mol. The predicted octanol–water partition coefficient (Wildman–Crippen LogP) is 2.90. The molecule has 2 aromatic carbocycles. The smallest absolute Gasteiger partial charge is 0.271 e. The Kier molecular flexibility index (Phi) is 2.26. The van der Waals surface area contributed by atoms with E-state index >= 15 is 0 Å². The minimum Gasteiger partial charge on any atom is -0.287 e. The molecule has 0 spiro atoms. The fraction of sp³-hybridized carbons (Fsp3) is 0. The summed E-state index contributed by atoms with van der Waals surface area (Å²) in [6.07, 6.45) is 0. The first-order valence-corrected chi connectivity index (χ1v) is 5.60. The molecule has 0 unspecified atom stereocenters. The molecule has 0 aliphatic carbocycles. The van der Waals surface area contributed by atoms with E-state index in [0.717, 1.165) is 11.1 Å². The van der Waals surface area contributed by atoms with Gasteiger partial charge in [-0.25, -0.2) is 4.98 Å². The standard InChI is InChI=1S/C15H12N2/c16-15-10-13(11-6-2-1-3-7-11)12-8-4-5-9-14(12)17-15/h1-10H,(H2,16,17)/p+1. The van der Waals surface area contributed by atoms with E-state index in [1.807, 2.05) is 42.5 Å². The van der Waals surface area contributed by atoms with Crippen LogP contribution in [0.15, 0.2) is 60.7 Å².